The molecule has 0 aliphatic carbocycles. The molecule has 4 heteroatoms. The maximum atomic E-state index is 11.4. The largest absolute Gasteiger partial charge is 0.338 e. The van der Waals surface area contributed by atoms with Gasteiger partial charge in [0.1, 0.15) is 0 Å². The smallest absolute Gasteiger partial charge is 0.319 e. The lowest BCUT2D eigenvalue weighted by molar-refractivity contribution is 0.252. The molecule has 2 amide bonds. The Morgan fingerprint density at radius 1 is 1.53 bits per heavy atom. The molecule has 15 heavy (non-hydrogen) atoms. The Labute approximate surface area is 90.1 Å². The summed E-state index contributed by atoms with van der Waals surface area (Å²) in [6, 6.07) is 1.70. The molecule has 4 nitrogen and oxygen atoms in total. The summed E-state index contributed by atoms with van der Waals surface area (Å²) < 4.78 is 0. The van der Waals surface area contributed by atoms with Crippen LogP contribution >= 0.6 is 0 Å². The molecule has 0 saturated heterocycles. The molecule has 0 aromatic carbocycles. The van der Waals surface area contributed by atoms with Crippen molar-refractivity contribution in [2.75, 3.05) is 11.9 Å². The number of unbranched alkanes of at least 4 members (excludes halogenated alkanes) is 1. The van der Waals surface area contributed by atoms with E-state index in [9.17, 15) is 4.79 Å². The molecule has 2 N–H and O–H groups in total. The van der Waals surface area contributed by atoms with Gasteiger partial charge in [0.2, 0.25) is 0 Å². The van der Waals surface area contributed by atoms with E-state index in [0.717, 1.165) is 24.1 Å². The van der Waals surface area contributed by atoms with Gasteiger partial charge in [-0.1, -0.05) is 13.3 Å². The number of anilines is 1. The first-order chi connectivity index (χ1) is 7.24. The number of carbonyl (C=O) groups excluding carboxylic acids is 1. The second-order valence-corrected chi connectivity index (χ2v) is 3.43. The Kier molecular flexibility index (Phi) is 4.60. The van der Waals surface area contributed by atoms with Crippen molar-refractivity contribution in [1.29, 1.82) is 0 Å². The van der Waals surface area contributed by atoms with Crippen molar-refractivity contribution in [1.82, 2.24) is 10.3 Å². The van der Waals surface area contributed by atoms with Crippen LogP contribution in [0.5, 0.6) is 0 Å². The van der Waals surface area contributed by atoms with Crippen molar-refractivity contribution in [2.45, 2.75) is 26.7 Å². The van der Waals surface area contributed by atoms with Crippen LogP contribution in [0.4, 0.5) is 10.5 Å². The van der Waals surface area contributed by atoms with Crippen LogP contribution in [0.2, 0.25) is 0 Å². The molecule has 0 spiro atoms. The van der Waals surface area contributed by atoms with Crippen molar-refractivity contribution in [3.63, 3.8) is 0 Å². The van der Waals surface area contributed by atoms with E-state index in [-0.39, 0.29) is 6.03 Å². The SMILES string of the molecule is CCCCNC(=O)Nc1cnccc1C. The number of nitrogens with zero attached hydrogens (tertiary/aromatic N) is 1. The lowest BCUT2D eigenvalue weighted by Crippen LogP contribution is -2.29. The van der Waals surface area contributed by atoms with E-state index >= 15 is 0 Å². The summed E-state index contributed by atoms with van der Waals surface area (Å²) in [5, 5.41) is 5.54. The average molecular weight is 207 g/mol. The number of amides is 2. The van der Waals surface area contributed by atoms with E-state index < -0.39 is 0 Å². The second kappa shape index (κ2) is 6.01. The average Bonchev–Trinajstić information content (AvgIpc) is 2.22. The number of rotatable bonds is 4. The zero-order valence-electron chi connectivity index (χ0n) is 9.21. The fourth-order valence-electron chi connectivity index (χ4n) is 1.14. The Morgan fingerprint density at radius 3 is 3.00 bits per heavy atom. The first-order valence-electron chi connectivity index (χ1n) is 5.19. The van der Waals surface area contributed by atoms with Crippen molar-refractivity contribution >= 4 is 11.7 Å². The standard InChI is InChI=1S/C11H17N3O/c1-3-4-6-13-11(15)14-10-8-12-7-5-9(10)2/h5,7-8H,3-4,6H2,1-2H3,(H2,13,14,15). The third kappa shape index (κ3) is 3.97. The summed E-state index contributed by atoms with van der Waals surface area (Å²) >= 11 is 0. The van der Waals surface area contributed by atoms with Gasteiger partial charge in [0.15, 0.2) is 0 Å². The van der Waals surface area contributed by atoms with Gasteiger partial charge in [-0.05, 0) is 25.0 Å². The van der Waals surface area contributed by atoms with Crippen molar-refractivity contribution in [3.8, 4) is 0 Å². The van der Waals surface area contributed by atoms with Crippen LogP contribution in [-0.4, -0.2) is 17.6 Å². The van der Waals surface area contributed by atoms with Gasteiger partial charge < -0.3 is 10.6 Å². The summed E-state index contributed by atoms with van der Waals surface area (Å²) in [6.07, 6.45) is 5.43. The van der Waals surface area contributed by atoms with Gasteiger partial charge in [-0.2, -0.15) is 0 Å². The number of carbonyl (C=O) groups is 1. The summed E-state index contributed by atoms with van der Waals surface area (Å²) in [7, 11) is 0. The monoisotopic (exact) mass is 207 g/mol. The maximum Gasteiger partial charge on any atom is 0.319 e. The van der Waals surface area contributed by atoms with E-state index in [4.69, 9.17) is 0 Å². The first kappa shape index (κ1) is 11.5. The molecule has 1 heterocycles. The minimum atomic E-state index is -0.167. The van der Waals surface area contributed by atoms with Gasteiger partial charge in [-0.15, -0.1) is 0 Å². The van der Waals surface area contributed by atoms with Gasteiger partial charge in [0.25, 0.3) is 0 Å². The fourth-order valence-corrected chi connectivity index (χ4v) is 1.14. The number of hydrogen-bond acceptors (Lipinski definition) is 2. The topological polar surface area (TPSA) is 54.0 Å². The van der Waals surface area contributed by atoms with Crippen LogP contribution in [0.1, 0.15) is 25.3 Å². The highest BCUT2D eigenvalue weighted by atomic mass is 16.2. The minimum absolute atomic E-state index is 0.167. The minimum Gasteiger partial charge on any atom is -0.338 e. The predicted molar refractivity (Wildman–Crippen MR) is 60.9 cm³/mol. The highest BCUT2D eigenvalue weighted by Gasteiger charge is 2.02. The van der Waals surface area contributed by atoms with Crippen LogP contribution in [0, 0.1) is 6.92 Å². The molecular formula is C11H17N3O. The normalized spacial score (nSPS) is 9.73. The zero-order valence-corrected chi connectivity index (χ0v) is 9.21. The molecule has 0 radical (unpaired) electrons. The summed E-state index contributed by atoms with van der Waals surface area (Å²) in [5.74, 6) is 0. The molecular weight excluding hydrogens is 190 g/mol. The Morgan fingerprint density at radius 2 is 2.33 bits per heavy atom. The van der Waals surface area contributed by atoms with Gasteiger partial charge in [0.05, 0.1) is 11.9 Å². The highest BCUT2D eigenvalue weighted by molar-refractivity contribution is 5.89. The summed E-state index contributed by atoms with van der Waals surface area (Å²) in [4.78, 5) is 15.3. The van der Waals surface area contributed by atoms with Gasteiger partial charge in [0, 0.05) is 12.7 Å². The Balaban J connectivity index is 2.41. The van der Waals surface area contributed by atoms with Crippen LogP contribution in [0.15, 0.2) is 18.5 Å². The number of hydrogen-bond donors (Lipinski definition) is 2. The predicted octanol–water partition coefficient (Wildman–Crippen LogP) is 2.31. The molecule has 82 valence electrons. The lowest BCUT2D eigenvalue weighted by Gasteiger charge is -2.08. The zero-order chi connectivity index (χ0) is 11.1. The number of urea groups is 1. The molecule has 0 aliphatic heterocycles. The van der Waals surface area contributed by atoms with Gasteiger partial charge in [-0.25, -0.2) is 4.79 Å². The van der Waals surface area contributed by atoms with E-state index in [2.05, 4.69) is 22.5 Å². The van der Waals surface area contributed by atoms with Crippen LogP contribution in [-0.2, 0) is 0 Å². The van der Waals surface area contributed by atoms with Crippen molar-refractivity contribution in [2.24, 2.45) is 0 Å². The second-order valence-electron chi connectivity index (χ2n) is 3.43. The van der Waals surface area contributed by atoms with Gasteiger partial charge in [-0.3, -0.25) is 4.98 Å². The third-order valence-electron chi connectivity index (χ3n) is 2.10. The first-order valence-corrected chi connectivity index (χ1v) is 5.19. The molecule has 0 saturated carbocycles. The highest BCUT2D eigenvalue weighted by Crippen LogP contribution is 2.10. The maximum absolute atomic E-state index is 11.4. The van der Waals surface area contributed by atoms with Crippen molar-refractivity contribution < 1.29 is 4.79 Å². The molecule has 0 aliphatic rings. The summed E-state index contributed by atoms with van der Waals surface area (Å²) in [5.41, 5.74) is 1.77. The van der Waals surface area contributed by atoms with E-state index in [1.165, 1.54) is 0 Å². The molecule has 0 fully saturated rings. The van der Waals surface area contributed by atoms with E-state index in [1.54, 1.807) is 12.4 Å². The quantitative estimate of drug-likeness (QED) is 0.744. The van der Waals surface area contributed by atoms with E-state index in [0.29, 0.717) is 6.54 Å². The fraction of sp³-hybridized carbons (Fsp3) is 0.455. The van der Waals surface area contributed by atoms with E-state index in [1.807, 2.05) is 13.0 Å². The molecule has 0 atom stereocenters. The molecule has 1 rings (SSSR count). The Hall–Kier alpha value is -1.58. The molecule has 0 unspecified atom stereocenters. The number of aryl methyl sites for hydroxylation is 1. The van der Waals surface area contributed by atoms with Crippen LogP contribution < -0.4 is 10.6 Å². The van der Waals surface area contributed by atoms with Crippen LogP contribution in [0.25, 0.3) is 0 Å². The number of aromatic nitrogens is 1. The van der Waals surface area contributed by atoms with Crippen molar-refractivity contribution in [3.05, 3.63) is 24.0 Å². The lowest BCUT2D eigenvalue weighted by atomic mass is 10.2. The number of pyridine rings is 1. The van der Waals surface area contributed by atoms with Crippen LogP contribution in [0.3, 0.4) is 0 Å². The van der Waals surface area contributed by atoms with Gasteiger partial charge >= 0.3 is 6.03 Å². The molecule has 1 aromatic heterocycles. The third-order valence-corrected chi connectivity index (χ3v) is 2.10. The molecule has 1 aromatic rings. The summed E-state index contributed by atoms with van der Waals surface area (Å²) in [6.45, 7) is 4.73. The molecule has 0 bridgehead atoms. The Bertz CT molecular complexity index is 325. The number of nitrogens with one attached hydrogen (secondary N) is 2.